The topological polar surface area (TPSA) is 23.5 Å². The van der Waals surface area contributed by atoms with Crippen LogP contribution in [-0.2, 0) is 0 Å². The van der Waals surface area contributed by atoms with E-state index in [1.165, 1.54) is 24.0 Å². The van der Waals surface area contributed by atoms with Crippen molar-refractivity contribution < 1.29 is 5.11 Å². The predicted molar refractivity (Wildman–Crippen MR) is 78.7 cm³/mol. The maximum atomic E-state index is 9.51. The smallest absolute Gasteiger partial charge is 0.0474 e. The summed E-state index contributed by atoms with van der Waals surface area (Å²) >= 11 is 3.55. The molecule has 1 saturated heterocycles. The van der Waals surface area contributed by atoms with Crippen molar-refractivity contribution in [2.75, 3.05) is 19.7 Å². The van der Waals surface area contributed by atoms with Crippen LogP contribution in [-0.4, -0.2) is 29.7 Å². The lowest BCUT2D eigenvalue weighted by atomic mass is 9.93. The SMILES string of the molecule is Cc1cc(C(C(C)CO)N2CCCC2)ccc1Br. The van der Waals surface area contributed by atoms with Crippen LogP contribution in [0.2, 0.25) is 0 Å². The highest BCUT2D eigenvalue weighted by molar-refractivity contribution is 9.10. The second kappa shape index (κ2) is 6.18. The number of aryl methyl sites for hydroxylation is 1. The normalized spacial score (nSPS) is 20.0. The van der Waals surface area contributed by atoms with Gasteiger partial charge in [0.05, 0.1) is 0 Å². The molecule has 1 aliphatic heterocycles. The van der Waals surface area contributed by atoms with Gasteiger partial charge in [0.25, 0.3) is 0 Å². The van der Waals surface area contributed by atoms with Gasteiger partial charge in [0.1, 0.15) is 0 Å². The standard InChI is InChI=1S/C15H22BrNO/c1-11-9-13(5-6-14(11)16)15(12(2)10-18)17-7-3-4-8-17/h5-6,9,12,15,18H,3-4,7-8,10H2,1-2H3. The van der Waals surface area contributed by atoms with Crippen LogP contribution < -0.4 is 0 Å². The summed E-state index contributed by atoms with van der Waals surface area (Å²) in [4.78, 5) is 2.52. The molecule has 1 aromatic carbocycles. The van der Waals surface area contributed by atoms with Crippen molar-refractivity contribution in [3.63, 3.8) is 0 Å². The quantitative estimate of drug-likeness (QED) is 0.919. The van der Waals surface area contributed by atoms with Gasteiger partial charge in [0, 0.05) is 17.1 Å². The molecular weight excluding hydrogens is 290 g/mol. The summed E-state index contributed by atoms with van der Waals surface area (Å²) in [6, 6.07) is 6.91. The number of nitrogens with zero attached hydrogens (tertiary/aromatic N) is 1. The summed E-state index contributed by atoms with van der Waals surface area (Å²) in [6.07, 6.45) is 2.56. The molecule has 2 unspecified atom stereocenters. The zero-order valence-corrected chi connectivity index (χ0v) is 12.8. The van der Waals surface area contributed by atoms with Crippen LogP contribution in [0.25, 0.3) is 0 Å². The van der Waals surface area contributed by atoms with Crippen LogP contribution in [0.5, 0.6) is 0 Å². The van der Waals surface area contributed by atoms with Crippen LogP contribution in [0.4, 0.5) is 0 Å². The molecule has 18 heavy (non-hydrogen) atoms. The third-order valence-electron chi connectivity index (χ3n) is 3.88. The Labute approximate surface area is 118 Å². The number of rotatable bonds is 4. The van der Waals surface area contributed by atoms with E-state index in [1.807, 2.05) is 0 Å². The Balaban J connectivity index is 2.29. The molecular formula is C15H22BrNO. The maximum absolute atomic E-state index is 9.51. The Bertz CT molecular complexity index is 401. The highest BCUT2D eigenvalue weighted by Crippen LogP contribution is 2.33. The van der Waals surface area contributed by atoms with E-state index in [2.05, 4.69) is 52.9 Å². The first-order chi connectivity index (χ1) is 8.63. The molecule has 100 valence electrons. The molecule has 0 bridgehead atoms. The minimum Gasteiger partial charge on any atom is -0.396 e. The van der Waals surface area contributed by atoms with Gasteiger partial charge in [0.15, 0.2) is 0 Å². The predicted octanol–water partition coefficient (Wildman–Crippen LogP) is 3.52. The lowest BCUT2D eigenvalue weighted by Gasteiger charge is -2.32. The monoisotopic (exact) mass is 311 g/mol. The second-order valence-corrected chi connectivity index (χ2v) is 6.21. The van der Waals surface area contributed by atoms with Crippen LogP contribution in [0.3, 0.4) is 0 Å². The minimum atomic E-state index is 0.246. The molecule has 3 heteroatoms. The van der Waals surface area contributed by atoms with Crippen molar-refractivity contribution in [3.05, 3.63) is 33.8 Å². The van der Waals surface area contributed by atoms with Gasteiger partial charge in [-0.15, -0.1) is 0 Å². The van der Waals surface area contributed by atoms with Gasteiger partial charge in [0.2, 0.25) is 0 Å². The second-order valence-electron chi connectivity index (χ2n) is 5.36. The molecule has 1 N–H and O–H groups in total. The van der Waals surface area contributed by atoms with E-state index in [0.29, 0.717) is 6.04 Å². The fourth-order valence-corrected chi connectivity index (χ4v) is 3.12. The molecule has 1 heterocycles. The van der Waals surface area contributed by atoms with Gasteiger partial charge < -0.3 is 5.11 Å². The summed E-state index contributed by atoms with van der Waals surface area (Å²) in [5.74, 6) is 0.281. The summed E-state index contributed by atoms with van der Waals surface area (Å²) in [6.45, 7) is 6.82. The van der Waals surface area contributed by atoms with Crippen molar-refractivity contribution >= 4 is 15.9 Å². The summed E-state index contributed by atoms with van der Waals surface area (Å²) < 4.78 is 1.16. The number of aliphatic hydroxyl groups is 1. The Morgan fingerprint density at radius 2 is 2.00 bits per heavy atom. The third-order valence-corrected chi connectivity index (χ3v) is 4.77. The van der Waals surface area contributed by atoms with E-state index in [9.17, 15) is 5.11 Å². The molecule has 0 aromatic heterocycles. The molecule has 0 amide bonds. The number of benzene rings is 1. The van der Waals surface area contributed by atoms with Crippen LogP contribution >= 0.6 is 15.9 Å². The lowest BCUT2D eigenvalue weighted by molar-refractivity contribution is 0.126. The maximum Gasteiger partial charge on any atom is 0.0474 e. The molecule has 2 atom stereocenters. The largest absolute Gasteiger partial charge is 0.396 e. The number of likely N-dealkylation sites (tertiary alicyclic amines) is 1. The lowest BCUT2D eigenvalue weighted by Crippen LogP contribution is -2.32. The van der Waals surface area contributed by atoms with Gasteiger partial charge >= 0.3 is 0 Å². The average molecular weight is 312 g/mol. The highest BCUT2D eigenvalue weighted by atomic mass is 79.9. The Morgan fingerprint density at radius 1 is 1.33 bits per heavy atom. The number of hydrogen-bond acceptors (Lipinski definition) is 2. The number of halogens is 1. The van der Waals surface area contributed by atoms with E-state index in [4.69, 9.17) is 0 Å². The van der Waals surface area contributed by atoms with Crippen molar-refractivity contribution in [3.8, 4) is 0 Å². The molecule has 1 aromatic rings. The molecule has 0 spiro atoms. The molecule has 2 rings (SSSR count). The Kier molecular flexibility index (Phi) is 4.82. The first kappa shape index (κ1) is 14.0. The van der Waals surface area contributed by atoms with Gasteiger partial charge in [-0.05, 0) is 56.0 Å². The zero-order valence-electron chi connectivity index (χ0n) is 11.2. The van der Waals surface area contributed by atoms with Crippen molar-refractivity contribution in [2.45, 2.75) is 32.7 Å². The van der Waals surface area contributed by atoms with Gasteiger partial charge in [-0.1, -0.05) is 35.0 Å². The molecule has 0 radical (unpaired) electrons. The molecule has 0 saturated carbocycles. The summed E-state index contributed by atoms with van der Waals surface area (Å²) in [5, 5.41) is 9.51. The van der Waals surface area contributed by atoms with E-state index < -0.39 is 0 Å². The molecule has 1 aliphatic rings. The Morgan fingerprint density at radius 3 is 2.56 bits per heavy atom. The van der Waals surface area contributed by atoms with E-state index >= 15 is 0 Å². The first-order valence-electron chi connectivity index (χ1n) is 6.74. The number of hydrogen-bond donors (Lipinski definition) is 1. The fraction of sp³-hybridized carbons (Fsp3) is 0.600. The van der Waals surface area contributed by atoms with Crippen LogP contribution in [0.15, 0.2) is 22.7 Å². The minimum absolute atomic E-state index is 0.246. The van der Waals surface area contributed by atoms with Gasteiger partial charge in [-0.2, -0.15) is 0 Å². The molecule has 2 nitrogen and oxygen atoms in total. The zero-order chi connectivity index (χ0) is 13.1. The number of aliphatic hydroxyl groups excluding tert-OH is 1. The van der Waals surface area contributed by atoms with Crippen molar-refractivity contribution in [1.29, 1.82) is 0 Å². The van der Waals surface area contributed by atoms with Crippen molar-refractivity contribution in [1.82, 2.24) is 4.90 Å². The molecule has 1 fully saturated rings. The van der Waals surface area contributed by atoms with E-state index in [1.54, 1.807) is 0 Å². The Hall–Kier alpha value is -0.380. The van der Waals surface area contributed by atoms with Crippen molar-refractivity contribution in [2.24, 2.45) is 5.92 Å². The summed E-state index contributed by atoms with van der Waals surface area (Å²) in [7, 11) is 0. The highest BCUT2D eigenvalue weighted by Gasteiger charge is 2.28. The average Bonchev–Trinajstić information content (AvgIpc) is 2.87. The van der Waals surface area contributed by atoms with Gasteiger partial charge in [-0.25, -0.2) is 0 Å². The van der Waals surface area contributed by atoms with E-state index in [0.717, 1.165) is 17.6 Å². The third kappa shape index (κ3) is 2.95. The fourth-order valence-electron chi connectivity index (χ4n) is 2.87. The van der Waals surface area contributed by atoms with Crippen LogP contribution in [0.1, 0.15) is 36.9 Å². The van der Waals surface area contributed by atoms with Crippen LogP contribution in [0, 0.1) is 12.8 Å². The van der Waals surface area contributed by atoms with E-state index in [-0.39, 0.29) is 12.5 Å². The van der Waals surface area contributed by atoms with Gasteiger partial charge in [-0.3, -0.25) is 4.90 Å². The first-order valence-corrected chi connectivity index (χ1v) is 7.53. The molecule has 0 aliphatic carbocycles. The summed E-state index contributed by atoms with van der Waals surface area (Å²) in [5.41, 5.74) is 2.60.